The van der Waals surface area contributed by atoms with Crippen LogP contribution in [0.4, 0.5) is 5.69 Å². The molecule has 1 aromatic rings. The number of nitrogens with one attached hydrogen (secondary N) is 1. The summed E-state index contributed by atoms with van der Waals surface area (Å²) < 4.78 is 0. The van der Waals surface area contributed by atoms with Crippen LogP contribution in [0.2, 0.25) is 5.02 Å². The smallest absolute Gasteiger partial charge is 0.0543 e. The van der Waals surface area contributed by atoms with E-state index < -0.39 is 0 Å². The molecule has 0 fully saturated rings. The Labute approximate surface area is 70.5 Å². The fourth-order valence-electron chi connectivity index (χ4n) is 0.864. The number of nitrogen functional groups attached to an aromatic ring is 1. The maximum absolute atomic E-state index is 7.03. The highest BCUT2D eigenvalue weighted by Gasteiger charge is 2.03. The summed E-state index contributed by atoms with van der Waals surface area (Å²) in [6.45, 7) is 1.88. The molecule has 0 saturated heterocycles. The van der Waals surface area contributed by atoms with Gasteiger partial charge in [-0.3, -0.25) is 0 Å². The van der Waals surface area contributed by atoms with Gasteiger partial charge in [0.05, 0.1) is 5.02 Å². The van der Waals surface area contributed by atoms with Crippen LogP contribution >= 0.6 is 11.6 Å². The molecule has 3 heteroatoms. The summed E-state index contributed by atoms with van der Waals surface area (Å²) in [6, 6.07) is 3.59. The second kappa shape index (κ2) is 2.93. The summed E-state index contributed by atoms with van der Waals surface area (Å²) >= 11 is 5.87. The SMILES string of the molecule is Cc1ccc(N)c(C=N)c1Cl. The first-order chi connectivity index (χ1) is 5.16. The van der Waals surface area contributed by atoms with Gasteiger partial charge in [0.2, 0.25) is 0 Å². The lowest BCUT2D eigenvalue weighted by Crippen LogP contribution is -1.94. The molecule has 0 aliphatic carbocycles. The highest BCUT2D eigenvalue weighted by atomic mass is 35.5. The minimum atomic E-state index is 0.551. The molecule has 0 aliphatic rings. The zero-order valence-corrected chi connectivity index (χ0v) is 6.94. The van der Waals surface area contributed by atoms with Gasteiger partial charge < -0.3 is 11.1 Å². The van der Waals surface area contributed by atoms with Crippen molar-refractivity contribution < 1.29 is 0 Å². The third-order valence-electron chi connectivity index (χ3n) is 1.55. The van der Waals surface area contributed by atoms with Crippen LogP contribution in [0.1, 0.15) is 11.1 Å². The molecule has 0 amide bonds. The summed E-state index contributed by atoms with van der Waals surface area (Å²) in [5.74, 6) is 0. The topological polar surface area (TPSA) is 49.9 Å². The van der Waals surface area contributed by atoms with E-state index in [4.69, 9.17) is 22.7 Å². The molecule has 0 spiro atoms. The lowest BCUT2D eigenvalue weighted by molar-refractivity contribution is 1.45. The molecule has 0 saturated carbocycles. The van der Waals surface area contributed by atoms with Gasteiger partial charge in [-0.1, -0.05) is 17.7 Å². The molecule has 58 valence electrons. The highest BCUT2D eigenvalue weighted by Crippen LogP contribution is 2.23. The lowest BCUT2D eigenvalue weighted by Gasteiger charge is -2.04. The Hall–Kier alpha value is -1.02. The Bertz CT molecular complexity index is 294. The van der Waals surface area contributed by atoms with E-state index in [0.29, 0.717) is 16.3 Å². The van der Waals surface area contributed by atoms with Gasteiger partial charge in [0.1, 0.15) is 0 Å². The fourth-order valence-corrected chi connectivity index (χ4v) is 1.09. The Morgan fingerprint density at radius 3 is 2.64 bits per heavy atom. The summed E-state index contributed by atoms with van der Waals surface area (Å²) in [6.07, 6.45) is 1.17. The first kappa shape index (κ1) is 8.08. The Morgan fingerprint density at radius 1 is 1.55 bits per heavy atom. The number of nitrogens with two attached hydrogens (primary N) is 1. The molecule has 0 aliphatic heterocycles. The van der Waals surface area contributed by atoms with Gasteiger partial charge in [-0.2, -0.15) is 0 Å². The summed E-state index contributed by atoms with van der Waals surface area (Å²) in [7, 11) is 0. The number of hydrogen-bond donors (Lipinski definition) is 2. The van der Waals surface area contributed by atoms with E-state index in [-0.39, 0.29) is 0 Å². The molecule has 1 rings (SSSR count). The number of rotatable bonds is 1. The minimum absolute atomic E-state index is 0.551. The maximum Gasteiger partial charge on any atom is 0.0543 e. The van der Waals surface area contributed by atoms with Gasteiger partial charge in [0.25, 0.3) is 0 Å². The van der Waals surface area contributed by atoms with Crippen LogP contribution in [-0.2, 0) is 0 Å². The average Bonchev–Trinajstić information content (AvgIpc) is 1.99. The molecule has 0 unspecified atom stereocenters. The van der Waals surface area contributed by atoms with Gasteiger partial charge in [-0.25, -0.2) is 0 Å². The molecule has 0 radical (unpaired) electrons. The molecule has 0 bridgehead atoms. The van der Waals surface area contributed by atoms with Gasteiger partial charge in [0.15, 0.2) is 0 Å². The third-order valence-corrected chi connectivity index (χ3v) is 2.05. The quantitative estimate of drug-likeness (QED) is 0.490. The van der Waals surface area contributed by atoms with Crippen molar-refractivity contribution in [2.24, 2.45) is 0 Å². The van der Waals surface area contributed by atoms with Gasteiger partial charge in [-0.15, -0.1) is 0 Å². The molecular weight excluding hydrogens is 160 g/mol. The molecule has 3 N–H and O–H groups in total. The van der Waals surface area contributed by atoms with E-state index in [1.165, 1.54) is 6.21 Å². The van der Waals surface area contributed by atoms with Gasteiger partial charge in [0, 0.05) is 17.5 Å². The predicted molar refractivity (Wildman–Crippen MR) is 48.5 cm³/mol. The Kier molecular flexibility index (Phi) is 2.15. The van der Waals surface area contributed by atoms with E-state index in [0.717, 1.165) is 5.56 Å². The predicted octanol–water partition coefficient (Wildman–Crippen LogP) is 2.23. The van der Waals surface area contributed by atoms with E-state index in [1.807, 2.05) is 13.0 Å². The Balaban J connectivity index is 3.40. The van der Waals surface area contributed by atoms with Crippen LogP contribution in [-0.4, -0.2) is 6.21 Å². The molecule has 1 aromatic carbocycles. The van der Waals surface area contributed by atoms with Crippen LogP contribution in [0.15, 0.2) is 12.1 Å². The van der Waals surface area contributed by atoms with Crippen molar-refractivity contribution in [2.45, 2.75) is 6.92 Å². The van der Waals surface area contributed by atoms with E-state index in [1.54, 1.807) is 6.07 Å². The Morgan fingerprint density at radius 2 is 2.18 bits per heavy atom. The average molecular weight is 169 g/mol. The zero-order valence-electron chi connectivity index (χ0n) is 6.19. The summed E-state index contributed by atoms with van der Waals surface area (Å²) in [5, 5.41) is 7.60. The first-order valence-electron chi connectivity index (χ1n) is 3.22. The first-order valence-corrected chi connectivity index (χ1v) is 3.59. The van der Waals surface area contributed by atoms with Gasteiger partial charge >= 0.3 is 0 Å². The van der Waals surface area contributed by atoms with E-state index in [9.17, 15) is 0 Å². The fraction of sp³-hybridized carbons (Fsp3) is 0.125. The van der Waals surface area contributed by atoms with Crippen molar-refractivity contribution in [3.63, 3.8) is 0 Å². The highest BCUT2D eigenvalue weighted by molar-refractivity contribution is 6.34. The van der Waals surface area contributed by atoms with Gasteiger partial charge in [-0.05, 0) is 18.6 Å². The third kappa shape index (κ3) is 1.35. The molecule has 0 heterocycles. The molecule has 0 aromatic heterocycles. The van der Waals surface area contributed by atoms with Crippen molar-refractivity contribution in [3.05, 3.63) is 28.3 Å². The normalized spacial score (nSPS) is 9.64. The second-order valence-corrected chi connectivity index (χ2v) is 2.72. The van der Waals surface area contributed by atoms with E-state index >= 15 is 0 Å². The molecule has 0 atom stereocenters. The van der Waals surface area contributed by atoms with Crippen LogP contribution in [0.5, 0.6) is 0 Å². The van der Waals surface area contributed by atoms with Crippen molar-refractivity contribution >= 4 is 23.5 Å². The van der Waals surface area contributed by atoms with Crippen LogP contribution in [0, 0.1) is 12.3 Å². The van der Waals surface area contributed by atoms with Crippen molar-refractivity contribution in [3.8, 4) is 0 Å². The number of anilines is 1. The zero-order chi connectivity index (χ0) is 8.43. The monoisotopic (exact) mass is 168 g/mol. The number of hydrogen-bond acceptors (Lipinski definition) is 2. The second-order valence-electron chi connectivity index (χ2n) is 2.34. The number of benzene rings is 1. The van der Waals surface area contributed by atoms with E-state index in [2.05, 4.69) is 0 Å². The van der Waals surface area contributed by atoms with Crippen molar-refractivity contribution in [2.75, 3.05) is 5.73 Å². The van der Waals surface area contributed by atoms with Crippen molar-refractivity contribution in [1.29, 1.82) is 5.41 Å². The van der Waals surface area contributed by atoms with Crippen LogP contribution in [0.3, 0.4) is 0 Å². The van der Waals surface area contributed by atoms with Crippen LogP contribution in [0.25, 0.3) is 0 Å². The van der Waals surface area contributed by atoms with Crippen LogP contribution < -0.4 is 5.73 Å². The maximum atomic E-state index is 7.03. The largest absolute Gasteiger partial charge is 0.398 e. The number of aryl methyl sites for hydroxylation is 1. The minimum Gasteiger partial charge on any atom is -0.398 e. The summed E-state index contributed by atoms with van der Waals surface area (Å²) in [5.41, 5.74) is 7.66. The molecule has 11 heavy (non-hydrogen) atoms. The molecule has 2 nitrogen and oxygen atoms in total. The standard InChI is InChI=1S/C8H9ClN2/c1-5-2-3-7(11)6(4-10)8(5)9/h2-4,10H,11H2,1H3. The lowest BCUT2D eigenvalue weighted by atomic mass is 10.1. The molecular formula is C8H9ClN2. The van der Waals surface area contributed by atoms with Crippen molar-refractivity contribution in [1.82, 2.24) is 0 Å². The summed E-state index contributed by atoms with van der Waals surface area (Å²) in [4.78, 5) is 0. The number of halogens is 1.